The molecular weight excluding hydrogens is 346 g/mol. The Morgan fingerprint density at radius 2 is 2.00 bits per heavy atom. The summed E-state index contributed by atoms with van der Waals surface area (Å²) in [7, 11) is 1.34. The van der Waals surface area contributed by atoms with Gasteiger partial charge in [-0.1, -0.05) is 23.7 Å². The molecule has 0 aliphatic carbocycles. The van der Waals surface area contributed by atoms with Crippen LogP contribution in [0.25, 0.3) is 0 Å². The van der Waals surface area contributed by atoms with E-state index >= 15 is 0 Å². The second-order valence-corrected chi connectivity index (χ2v) is 6.44. The number of carbonyl (C=O) groups is 2. The van der Waals surface area contributed by atoms with E-state index in [0.717, 1.165) is 18.7 Å². The quantitative estimate of drug-likeness (QED) is 0.657. The maximum absolute atomic E-state index is 12.4. The lowest BCUT2D eigenvalue weighted by Crippen LogP contribution is -3.14. The maximum atomic E-state index is 12.4. The predicted octanol–water partition coefficient (Wildman–Crippen LogP) is 0.0361. The van der Waals surface area contributed by atoms with Gasteiger partial charge in [-0.3, -0.25) is 0 Å². The number of methoxy groups -OCH3 is 1. The number of benzene rings is 1. The number of morpholine rings is 1. The third-order valence-electron chi connectivity index (χ3n) is 4.39. The van der Waals surface area contributed by atoms with Gasteiger partial charge in [0.15, 0.2) is 0 Å². The van der Waals surface area contributed by atoms with Crippen LogP contribution in [0, 0.1) is 0 Å². The Bertz CT molecular complexity index is 684. The first-order valence-electron chi connectivity index (χ1n) is 8.14. The zero-order chi connectivity index (χ0) is 17.8. The number of urea groups is 1. The Hall–Kier alpha value is -2.09. The molecule has 0 unspecified atom stereocenters. The molecule has 7 nitrogen and oxygen atoms in total. The van der Waals surface area contributed by atoms with E-state index in [1.54, 1.807) is 24.3 Å². The molecule has 1 aromatic carbocycles. The number of ether oxygens (including phenoxy) is 2. The van der Waals surface area contributed by atoms with Crippen LogP contribution in [0.4, 0.5) is 4.79 Å². The van der Waals surface area contributed by atoms with E-state index in [1.807, 2.05) is 0 Å². The van der Waals surface area contributed by atoms with Gasteiger partial charge < -0.3 is 25.0 Å². The molecule has 25 heavy (non-hydrogen) atoms. The third kappa shape index (κ3) is 4.12. The molecule has 2 amide bonds. The number of carbonyl (C=O) groups excluding carboxylic acids is 2. The Kier molecular flexibility index (Phi) is 5.57. The van der Waals surface area contributed by atoms with Gasteiger partial charge in [0.25, 0.3) is 0 Å². The Labute approximate surface area is 150 Å². The Balaban J connectivity index is 1.96. The molecule has 0 saturated carbocycles. The molecule has 1 fully saturated rings. The van der Waals surface area contributed by atoms with Crippen molar-refractivity contribution in [2.75, 3.05) is 40.0 Å². The van der Waals surface area contributed by atoms with Gasteiger partial charge in [0, 0.05) is 5.02 Å². The topological polar surface area (TPSA) is 81.1 Å². The van der Waals surface area contributed by atoms with Gasteiger partial charge in [-0.2, -0.15) is 0 Å². The van der Waals surface area contributed by atoms with Gasteiger partial charge in [-0.15, -0.1) is 0 Å². The fourth-order valence-corrected chi connectivity index (χ4v) is 3.23. The molecule has 0 aromatic heterocycles. The SMILES string of the molecule is COC(=O)C1=C(C[NH+]2CCOCC2)NC(=O)N[C@@H]1c1ccc(Cl)cc1. The van der Waals surface area contributed by atoms with E-state index in [0.29, 0.717) is 36.1 Å². The van der Waals surface area contributed by atoms with E-state index in [9.17, 15) is 9.59 Å². The lowest BCUT2D eigenvalue weighted by atomic mass is 9.95. The predicted molar refractivity (Wildman–Crippen MR) is 91.3 cm³/mol. The van der Waals surface area contributed by atoms with E-state index in [-0.39, 0.29) is 6.03 Å². The lowest BCUT2D eigenvalue weighted by molar-refractivity contribution is -0.903. The van der Waals surface area contributed by atoms with Crippen LogP contribution in [0.1, 0.15) is 11.6 Å². The summed E-state index contributed by atoms with van der Waals surface area (Å²) in [5.74, 6) is -0.463. The van der Waals surface area contributed by atoms with Crippen molar-refractivity contribution in [2.45, 2.75) is 6.04 Å². The summed E-state index contributed by atoms with van der Waals surface area (Å²) in [6, 6.07) is 6.13. The fraction of sp³-hybridized carbons (Fsp3) is 0.412. The molecule has 0 spiro atoms. The number of hydrogen-bond acceptors (Lipinski definition) is 4. The molecule has 1 atom stereocenters. The molecule has 0 bridgehead atoms. The van der Waals surface area contributed by atoms with Gasteiger partial charge in [-0.25, -0.2) is 9.59 Å². The van der Waals surface area contributed by atoms with Crippen molar-refractivity contribution in [2.24, 2.45) is 0 Å². The first kappa shape index (κ1) is 17.7. The molecule has 1 saturated heterocycles. The maximum Gasteiger partial charge on any atom is 0.338 e. The summed E-state index contributed by atoms with van der Waals surface area (Å²) >= 11 is 5.94. The highest BCUT2D eigenvalue weighted by atomic mass is 35.5. The molecule has 2 heterocycles. The molecular formula is C17H21ClN3O4+. The van der Waals surface area contributed by atoms with Crippen LogP contribution in [0.2, 0.25) is 5.02 Å². The molecule has 3 rings (SSSR count). The van der Waals surface area contributed by atoms with Crippen molar-refractivity contribution >= 4 is 23.6 Å². The van der Waals surface area contributed by atoms with Crippen LogP contribution >= 0.6 is 11.6 Å². The Morgan fingerprint density at radius 3 is 2.64 bits per heavy atom. The summed E-state index contributed by atoms with van der Waals surface area (Å²) in [5, 5.41) is 6.17. The number of hydrogen-bond donors (Lipinski definition) is 3. The number of nitrogens with one attached hydrogen (secondary N) is 3. The standard InChI is InChI=1S/C17H20ClN3O4/c1-24-16(22)14-13(10-21-6-8-25-9-7-21)19-17(23)20-15(14)11-2-4-12(18)5-3-11/h2-5,15H,6-10H2,1H3,(H2,19,20,23)/p+1/t15-/m1/s1. The number of amides is 2. The first-order valence-corrected chi connectivity index (χ1v) is 8.52. The normalized spacial score (nSPS) is 21.5. The second-order valence-electron chi connectivity index (χ2n) is 6.01. The summed E-state index contributed by atoms with van der Waals surface area (Å²) in [6.45, 7) is 3.52. The fourth-order valence-electron chi connectivity index (χ4n) is 3.10. The summed E-state index contributed by atoms with van der Waals surface area (Å²) < 4.78 is 10.3. The molecule has 0 radical (unpaired) electrons. The largest absolute Gasteiger partial charge is 0.466 e. The molecule has 2 aliphatic heterocycles. The lowest BCUT2D eigenvalue weighted by Gasteiger charge is -2.31. The van der Waals surface area contributed by atoms with E-state index in [1.165, 1.54) is 12.0 Å². The van der Waals surface area contributed by atoms with Crippen molar-refractivity contribution in [3.05, 3.63) is 46.1 Å². The highest BCUT2D eigenvalue weighted by molar-refractivity contribution is 6.30. The van der Waals surface area contributed by atoms with Gasteiger partial charge in [0.05, 0.1) is 37.6 Å². The van der Waals surface area contributed by atoms with Crippen molar-refractivity contribution in [1.82, 2.24) is 10.6 Å². The monoisotopic (exact) mass is 366 g/mol. The minimum atomic E-state index is -0.575. The average Bonchev–Trinajstić information content (AvgIpc) is 2.62. The molecule has 3 N–H and O–H groups in total. The van der Waals surface area contributed by atoms with Crippen LogP contribution in [0.5, 0.6) is 0 Å². The van der Waals surface area contributed by atoms with E-state index in [2.05, 4.69) is 10.6 Å². The van der Waals surface area contributed by atoms with Gasteiger partial charge >= 0.3 is 12.0 Å². The van der Waals surface area contributed by atoms with Crippen molar-refractivity contribution in [3.63, 3.8) is 0 Å². The highest BCUT2D eigenvalue weighted by Crippen LogP contribution is 2.28. The molecule has 2 aliphatic rings. The minimum Gasteiger partial charge on any atom is -0.466 e. The molecule has 134 valence electrons. The van der Waals surface area contributed by atoms with Crippen LogP contribution < -0.4 is 15.5 Å². The summed E-state index contributed by atoms with van der Waals surface area (Å²) in [6.07, 6.45) is 0. The zero-order valence-electron chi connectivity index (χ0n) is 13.9. The van der Waals surface area contributed by atoms with E-state index < -0.39 is 12.0 Å². The zero-order valence-corrected chi connectivity index (χ0v) is 14.7. The molecule has 8 heteroatoms. The van der Waals surface area contributed by atoms with Gasteiger partial charge in [0.2, 0.25) is 0 Å². The van der Waals surface area contributed by atoms with Crippen LogP contribution in [-0.4, -0.2) is 52.0 Å². The second kappa shape index (κ2) is 7.86. The Morgan fingerprint density at radius 1 is 1.32 bits per heavy atom. The number of esters is 1. The first-order chi connectivity index (χ1) is 12.1. The average molecular weight is 367 g/mol. The summed E-state index contributed by atoms with van der Waals surface area (Å²) in [5.41, 5.74) is 1.78. The number of halogens is 1. The van der Waals surface area contributed by atoms with Gasteiger partial charge in [-0.05, 0) is 17.7 Å². The van der Waals surface area contributed by atoms with Crippen molar-refractivity contribution < 1.29 is 24.0 Å². The number of rotatable bonds is 4. The highest BCUT2D eigenvalue weighted by Gasteiger charge is 2.35. The van der Waals surface area contributed by atoms with Gasteiger partial charge in [0.1, 0.15) is 19.6 Å². The minimum absolute atomic E-state index is 0.338. The van der Waals surface area contributed by atoms with Crippen LogP contribution in [0.15, 0.2) is 35.5 Å². The smallest absolute Gasteiger partial charge is 0.338 e. The van der Waals surface area contributed by atoms with Crippen LogP contribution in [-0.2, 0) is 14.3 Å². The summed E-state index contributed by atoms with van der Waals surface area (Å²) in [4.78, 5) is 25.8. The van der Waals surface area contributed by atoms with Crippen molar-refractivity contribution in [3.8, 4) is 0 Å². The molecule has 1 aromatic rings. The third-order valence-corrected chi connectivity index (χ3v) is 4.64. The van der Waals surface area contributed by atoms with E-state index in [4.69, 9.17) is 21.1 Å². The van der Waals surface area contributed by atoms with Crippen molar-refractivity contribution in [1.29, 1.82) is 0 Å². The van der Waals surface area contributed by atoms with Crippen LogP contribution in [0.3, 0.4) is 0 Å². The number of quaternary nitrogens is 1.